The van der Waals surface area contributed by atoms with E-state index in [1.54, 1.807) is 0 Å². The van der Waals surface area contributed by atoms with E-state index in [9.17, 15) is 4.79 Å². The van der Waals surface area contributed by atoms with E-state index in [1.165, 1.54) is 6.26 Å². The molecule has 1 N–H and O–H groups in total. The maximum Gasteiger partial charge on any atom is 0.416 e. The third-order valence-corrected chi connectivity index (χ3v) is 1.00. The van der Waals surface area contributed by atoms with E-state index in [0.717, 1.165) is 0 Å². The van der Waals surface area contributed by atoms with Crippen molar-refractivity contribution < 1.29 is 4.42 Å². The van der Waals surface area contributed by atoms with E-state index in [0.29, 0.717) is 5.69 Å². The average molecular weight is 134 g/mol. The van der Waals surface area contributed by atoms with Crippen LogP contribution in [0.5, 0.6) is 0 Å². The number of rotatable bonds is 1. The van der Waals surface area contributed by atoms with Crippen molar-refractivity contribution in [1.29, 1.82) is 0 Å². The number of alkyl halides is 1. The van der Waals surface area contributed by atoms with Crippen LogP contribution in [0.4, 0.5) is 0 Å². The van der Waals surface area contributed by atoms with Gasteiger partial charge in [-0.15, -0.1) is 11.6 Å². The molecule has 1 aromatic heterocycles. The molecule has 1 aromatic rings. The number of H-pyrrole nitrogens is 1. The Hall–Kier alpha value is -0.700. The highest BCUT2D eigenvalue weighted by molar-refractivity contribution is 6.16. The molecule has 0 aliphatic heterocycles. The van der Waals surface area contributed by atoms with E-state index < -0.39 is 5.76 Å². The molecule has 1 rings (SSSR count). The van der Waals surface area contributed by atoms with E-state index >= 15 is 0 Å². The molecule has 0 radical (unpaired) electrons. The molecule has 0 saturated heterocycles. The van der Waals surface area contributed by atoms with Gasteiger partial charge in [0.25, 0.3) is 0 Å². The van der Waals surface area contributed by atoms with Crippen LogP contribution in [0.15, 0.2) is 15.5 Å². The van der Waals surface area contributed by atoms with E-state index in [1.807, 2.05) is 0 Å². The Morgan fingerprint density at radius 2 is 2.62 bits per heavy atom. The van der Waals surface area contributed by atoms with E-state index in [4.69, 9.17) is 11.6 Å². The highest BCUT2D eigenvalue weighted by Gasteiger charge is 1.91. The Bertz CT molecular complexity index is 214. The molecule has 0 spiro atoms. The zero-order valence-corrected chi connectivity index (χ0v) is 4.73. The SMILES string of the molecule is O=c1[nH]c(CCl)co1. The lowest BCUT2D eigenvalue weighted by Gasteiger charge is -1.75. The smallest absolute Gasteiger partial charge is 0.416 e. The largest absolute Gasteiger partial charge is 0.416 e. The monoisotopic (exact) mass is 133 g/mol. The summed E-state index contributed by atoms with van der Waals surface area (Å²) in [5.41, 5.74) is 0.608. The zero-order valence-electron chi connectivity index (χ0n) is 3.98. The van der Waals surface area contributed by atoms with Gasteiger partial charge in [-0.2, -0.15) is 0 Å². The van der Waals surface area contributed by atoms with Crippen molar-refractivity contribution in [3.8, 4) is 0 Å². The van der Waals surface area contributed by atoms with Gasteiger partial charge in [-0.3, -0.25) is 4.98 Å². The third-order valence-electron chi connectivity index (χ3n) is 0.715. The summed E-state index contributed by atoms with van der Waals surface area (Å²) in [4.78, 5) is 12.5. The lowest BCUT2D eigenvalue weighted by Crippen LogP contribution is -1.95. The summed E-state index contributed by atoms with van der Waals surface area (Å²) < 4.78 is 4.36. The molecule has 0 saturated carbocycles. The molecular weight excluding hydrogens is 130 g/mol. The van der Waals surface area contributed by atoms with E-state index in [-0.39, 0.29) is 5.88 Å². The Labute approximate surface area is 50.3 Å². The second-order valence-corrected chi connectivity index (χ2v) is 1.57. The number of nitrogens with one attached hydrogen (secondary N) is 1. The third kappa shape index (κ3) is 0.924. The van der Waals surface area contributed by atoms with Gasteiger partial charge < -0.3 is 4.42 Å². The van der Waals surface area contributed by atoms with Crippen LogP contribution in [-0.4, -0.2) is 4.98 Å². The first kappa shape index (κ1) is 5.44. The van der Waals surface area contributed by atoms with Crippen LogP contribution in [0, 0.1) is 0 Å². The van der Waals surface area contributed by atoms with Crippen LogP contribution in [0.2, 0.25) is 0 Å². The number of hydrogen-bond donors (Lipinski definition) is 1. The van der Waals surface area contributed by atoms with Crippen molar-refractivity contribution >= 4 is 11.6 Å². The highest BCUT2D eigenvalue weighted by Crippen LogP contribution is 1.93. The molecule has 44 valence electrons. The fourth-order valence-electron chi connectivity index (χ4n) is 0.380. The summed E-state index contributed by atoms with van der Waals surface area (Å²) in [6.07, 6.45) is 1.30. The molecule has 0 atom stereocenters. The Balaban J connectivity index is 3.01. The first-order valence-electron chi connectivity index (χ1n) is 2.05. The molecule has 0 aliphatic rings. The van der Waals surface area contributed by atoms with Gasteiger partial charge in [0, 0.05) is 0 Å². The Morgan fingerprint density at radius 1 is 1.88 bits per heavy atom. The van der Waals surface area contributed by atoms with Crippen LogP contribution in [-0.2, 0) is 5.88 Å². The molecule has 0 unspecified atom stereocenters. The van der Waals surface area contributed by atoms with Crippen molar-refractivity contribution in [2.45, 2.75) is 5.88 Å². The van der Waals surface area contributed by atoms with Crippen molar-refractivity contribution in [2.24, 2.45) is 0 Å². The van der Waals surface area contributed by atoms with Crippen LogP contribution in [0.25, 0.3) is 0 Å². The predicted molar refractivity (Wildman–Crippen MR) is 28.9 cm³/mol. The van der Waals surface area contributed by atoms with Crippen LogP contribution in [0.3, 0.4) is 0 Å². The van der Waals surface area contributed by atoms with E-state index in [2.05, 4.69) is 9.40 Å². The minimum atomic E-state index is -0.458. The Kier molecular flexibility index (Phi) is 1.39. The molecule has 8 heavy (non-hydrogen) atoms. The predicted octanol–water partition coefficient (Wildman–Crippen LogP) is 0.707. The highest BCUT2D eigenvalue weighted by atomic mass is 35.5. The average Bonchev–Trinajstić information content (AvgIpc) is 2.14. The van der Waals surface area contributed by atoms with Crippen molar-refractivity contribution in [2.75, 3.05) is 0 Å². The molecule has 3 nitrogen and oxygen atoms in total. The van der Waals surface area contributed by atoms with Gasteiger partial charge in [0.2, 0.25) is 0 Å². The molecule has 1 heterocycles. The van der Waals surface area contributed by atoms with Crippen LogP contribution < -0.4 is 5.76 Å². The number of hydrogen-bond acceptors (Lipinski definition) is 2. The first-order chi connectivity index (χ1) is 3.83. The van der Waals surface area contributed by atoms with Crippen LogP contribution >= 0.6 is 11.6 Å². The van der Waals surface area contributed by atoms with Crippen LogP contribution in [0.1, 0.15) is 5.69 Å². The fourth-order valence-corrected chi connectivity index (χ4v) is 0.509. The lowest BCUT2D eigenvalue weighted by molar-refractivity contribution is 0.515. The second kappa shape index (κ2) is 2.05. The van der Waals surface area contributed by atoms with Crippen molar-refractivity contribution in [1.82, 2.24) is 4.98 Å². The summed E-state index contributed by atoms with van der Waals surface area (Å²) in [6.45, 7) is 0. The summed E-state index contributed by atoms with van der Waals surface area (Å²) in [5, 5.41) is 0. The maximum atomic E-state index is 10.2. The van der Waals surface area contributed by atoms with Gasteiger partial charge in [0.05, 0.1) is 11.6 Å². The van der Waals surface area contributed by atoms with Gasteiger partial charge in [-0.25, -0.2) is 4.79 Å². The quantitative estimate of drug-likeness (QED) is 0.574. The second-order valence-electron chi connectivity index (χ2n) is 1.31. The summed E-state index contributed by atoms with van der Waals surface area (Å²) >= 11 is 5.31. The number of halogens is 1. The van der Waals surface area contributed by atoms with Gasteiger partial charge in [-0.1, -0.05) is 0 Å². The normalized spacial score (nSPS) is 9.62. The Morgan fingerprint density at radius 3 is 2.88 bits per heavy atom. The molecule has 0 fully saturated rings. The van der Waals surface area contributed by atoms with Gasteiger partial charge in [0.15, 0.2) is 0 Å². The standard InChI is InChI=1S/C4H4ClNO2/c5-1-3-2-8-4(7)6-3/h2H,1H2,(H,6,7). The number of oxazole rings is 1. The molecular formula is C4H4ClNO2. The van der Waals surface area contributed by atoms with Gasteiger partial charge in [-0.05, 0) is 0 Å². The summed E-state index contributed by atoms with van der Waals surface area (Å²) in [7, 11) is 0. The van der Waals surface area contributed by atoms with Gasteiger partial charge >= 0.3 is 5.76 Å². The maximum absolute atomic E-state index is 10.2. The fraction of sp³-hybridized carbons (Fsp3) is 0.250. The molecule has 4 heteroatoms. The molecule has 0 aromatic carbocycles. The molecule has 0 bridgehead atoms. The first-order valence-corrected chi connectivity index (χ1v) is 2.59. The zero-order chi connectivity index (χ0) is 5.98. The minimum Gasteiger partial charge on any atom is -0.416 e. The van der Waals surface area contributed by atoms with Gasteiger partial charge in [0.1, 0.15) is 6.26 Å². The molecule has 0 aliphatic carbocycles. The molecule has 0 amide bonds. The lowest BCUT2D eigenvalue weighted by atomic mass is 10.6. The number of aromatic amines is 1. The van der Waals surface area contributed by atoms with Crippen molar-refractivity contribution in [3.63, 3.8) is 0 Å². The summed E-state index contributed by atoms with van der Waals surface area (Å²) in [6, 6.07) is 0. The van der Waals surface area contributed by atoms with Crippen molar-refractivity contribution in [3.05, 3.63) is 22.5 Å². The topological polar surface area (TPSA) is 46.0 Å². The summed E-state index contributed by atoms with van der Waals surface area (Å²) in [5.74, 6) is -0.174. The number of aromatic nitrogens is 1. The minimum absolute atomic E-state index is 0.283.